The Kier molecular flexibility index (Phi) is 6.19. The van der Waals surface area contributed by atoms with E-state index in [2.05, 4.69) is 13.8 Å². The second kappa shape index (κ2) is 7.67. The summed E-state index contributed by atoms with van der Waals surface area (Å²) in [6.07, 6.45) is 15.7. The standard InChI is InChI=1S/C18H35N/c1-3-4-7-15-9-11-16(12-10-15)18(19)17-8-5-6-14(2)13-17/h14-18H,3-13,19H2,1-2H3. The maximum atomic E-state index is 6.63. The molecule has 2 rings (SSSR count). The Morgan fingerprint density at radius 2 is 1.74 bits per heavy atom. The molecule has 1 nitrogen and oxygen atoms in total. The number of hydrogen-bond acceptors (Lipinski definition) is 1. The molecule has 2 N–H and O–H groups in total. The average molecular weight is 265 g/mol. The zero-order chi connectivity index (χ0) is 13.7. The normalized spacial score (nSPS) is 38.1. The number of hydrogen-bond donors (Lipinski definition) is 1. The van der Waals surface area contributed by atoms with Crippen molar-refractivity contribution in [3.63, 3.8) is 0 Å². The summed E-state index contributed by atoms with van der Waals surface area (Å²) in [7, 11) is 0. The van der Waals surface area contributed by atoms with Gasteiger partial charge in [-0.1, -0.05) is 58.8 Å². The Morgan fingerprint density at radius 3 is 2.37 bits per heavy atom. The predicted molar refractivity (Wildman–Crippen MR) is 84.1 cm³/mol. The fraction of sp³-hybridized carbons (Fsp3) is 1.00. The third kappa shape index (κ3) is 4.48. The third-order valence-corrected chi connectivity index (χ3v) is 5.92. The Balaban J connectivity index is 1.74. The van der Waals surface area contributed by atoms with Crippen LogP contribution in [0.2, 0.25) is 0 Å². The van der Waals surface area contributed by atoms with E-state index in [0.717, 1.165) is 23.7 Å². The lowest BCUT2D eigenvalue weighted by atomic mass is 9.70. The number of nitrogens with two attached hydrogens (primary N) is 1. The monoisotopic (exact) mass is 265 g/mol. The van der Waals surface area contributed by atoms with Gasteiger partial charge in [-0.2, -0.15) is 0 Å². The van der Waals surface area contributed by atoms with Gasteiger partial charge in [0.2, 0.25) is 0 Å². The Morgan fingerprint density at radius 1 is 1.00 bits per heavy atom. The largest absolute Gasteiger partial charge is 0.327 e. The van der Waals surface area contributed by atoms with Crippen LogP contribution in [-0.2, 0) is 0 Å². The number of unbranched alkanes of at least 4 members (excludes halogenated alkanes) is 1. The van der Waals surface area contributed by atoms with Crippen LogP contribution in [0.25, 0.3) is 0 Å². The molecule has 0 radical (unpaired) electrons. The van der Waals surface area contributed by atoms with E-state index in [1.54, 1.807) is 0 Å². The van der Waals surface area contributed by atoms with Gasteiger partial charge in [0.1, 0.15) is 0 Å². The molecule has 0 saturated heterocycles. The summed E-state index contributed by atoms with van der Waals surface area (Å²) in [5.41, 5.74) is 6.63. The topological polar surface area (TPSA) is 26.0 Å². The van der Waals surface area contributed by atoms with Crippen LogP contribution in [0, 0.1) is 23.7 Å². The highest BCUT2D eigenvalue weighted by Crippen LogP contribution is 2.38. The van der Waals surface area contributed by atoms with E-state index in [-0.39, 0.29) is 0 Å². The van der Waals surface area contributed by atoms with Crippen molar-refractivity contribution in [1.82, 2.24) is 0 Å². The lowest BCUT2D eigenvalue weighted by molar-refractivity contribution is 0.158. The molecule has 2 saturated carbocycles. The zero-order valence-corrected chi connectivity index (χ0v) is 13.2. The summed E-state index contributed by atoms with van der Waals surface area (Å²) in [5.74, 6) is 3.62. The van der Waals surface area contributed by atoms with E-state index in [1.807, 2.05) is 0 Å². The molecular weight excluding hydrogens is 230 g/mol. The van der Waals surface area contributed by atoms with Crippen LogP contribution in [0.4, 0.5) is 0 Å². The summed E-state index contributed by atoms with van der Waals surface area (Å²) >= 11 is 0. The van der Waals surface area contributed by atoms with Gasteiger partial charge in [0.25, 0.3) is 0 Å². The molecule has 0 amide bonds. The van der Waals surface area contributed by atoms with Gasteiger partial charge in [0, 0.05) is 6.04 Å². The molecule has 0 spiro atoms. The molecular formula is C18H35N. The molecule has 2 fully saturated rings. The summed E-state index contributed by atoms with van der Waals surface area (Å²) in [4.78, 5) is 0. The van der Waals surface area contributed by atoms with Crippen molar-refractivity contribution in [3.05, 3.63) is 0 Å². The highest BCUT2D eigenvalue weighted by Gasteiger charge is 2.32. The first-order valence-electron chi connectivity index (χ1n) is 8.96. The predicted octanol–water partition coefficient (Wildman–Crippen LogP) is 5.14. The van der Waals surface area contributed by atoms with Crippen LogP contribution in [0.1, 0.15) is 84.5 Å². The van der Waals surface area contributed by atoms with Crippen molar-refractivity contribution < 1.29 is 0 Å². The van der Waals surface area contributed by atoms with E-state index in [9.17, 15) is 0 Å². The van der Waals surface area contributed by atoms with E-state index in [1.165, 1.54) is 70.6 Å². The maximum absolute atomic E-state index is 6.63. The van der Waals surface area contributed by atoms with Crippen molar-refractivity contribution >= 4 is 0 Å². The minimum Gasteiger partial charge on any atom is -0.327 e. The van der Waals surface area contributed by atoms with Crippen molar-refractivity contribution in [1.29, 1.82) is 0 Å². The van der Waals surface area contributed by atoms with E-state index >= 15 is 0 Å². The summed E-state index contributed by atoms with van der Waals surface area (Å²) < 4.78 is 0. The second-order valence-electron chi connectivity index (χ2n) is 7.53. The van der Waals surface area contributed by atoms with Crippen LogP contribution < -0.4 is 5.73 Å². The fourth-order valence-electron chi connectivity index (χ4n) is 4.57. The second-order valence-corrected chi connectivity index (χ2v) is 7.53. The van der Waals surface area contributed by atoms with E-state index < -0.39 is 0 Å². The fourth-order valence-corrected chi connectivity index (χ4v) is 4.57. The molecule has 0 aromatic heterocycles. The van der Waals surface area contributed by atoms with Gasteiger partial charge in [0.05, 0.1) is 0 Å². The molecule has 2 aliphatic carbocycles. The van der Waals surface area contributed by atoms with Crippen molar-refractivity contribution in [2.45, 2.75) is 90.5 Å². The lowest BCUT2D eigenvalue weighted by Crippen LogP contribution is -2.41. The smallest absolute Gasteiger partial charge is 0.00957 e. The van der Waals surface area contributed by atoms with Crippen LogP contribution in [0.3, 0.4) is 0 Å². The summed E-state index contributed by atoms with van der Waals surface area (Å²) in [5, 5.41) is 0. The van der Waals surface area contributed by atoms with Crippen molar-refractivity contribution in [3.8, 4) is 0 Å². The zero-order valence-electron chi connectivity index (χ0n) is 13.2. The van der Waals surface area contributed by atoms with Gasteiger partial charge < -0.3 is 5.73 Å². The SMILES string of the molecule is CCCCC1CCC(C(N)C2CCCC(C)C2)CC1. The van der Waals surface area contributed by atoms with Gasteiger partial charge in [0.15, 0.2) is 0 Å². The van der Waals surface area contributed by atoms with Crippen LogP contribution >= 0.6 is 0 Å². The molecule has 0 aromatic rings. The molecule has 3 unspecified atom stereocenters. The molecule has 0 heterocycles. The highest BCUT2D eigenvalue weighted by molar-refractivity contribution is 4.86. The van der Waals surface area contributed by atoms with Gasteiger partial charge in [-0.15, -0.1) is 0 Å². The van der Waals surface area contributed by atoms with Crippen molar-refractivity contribution in [2.75, 3.05) is 0 Å². The molecule has 112 valence electrons. The van der Waals surface area contributed by atoms with Crippen LogP contribution in [0.5, 0.6) is 0 Å². The Bertz CT molecular complexity index is 242. The van der Waals surface area contributed by atoms with Gasteiger partial charge in [-0.05, 0) is 49.4 Å². The highest BCUT2D eigenvalue weighted by atomic mass is 14.7. The molecule has 0 aromatic carbocycles. The Labute approximate surface area is 120 Å². The number of rotatable bonds is 5. The van der Waals surface area contributed by atoms with Gasteiger partial charge in [-0.3, -0.25) is 0 Å². The molecule has 2 aliphatic rings. The van der Waals surface area contributed by atoms with Gasteiger partial charge in [-0.25, -0.2) is 0 Å². The molecule has 3 atom stereocenters. The van der Waals surface area contributed by atoms with Crippen LogP contribution in [-0.4, -0.2) is 6.04 Å². The third-order valence-electron chi connectivity index (χ3n) is 5.92. The maximum Gasteiger partial charge on any atom is 0.00957 e. The molecule has 1 heteroatoms. The quantitative estimate of drug-likeness (QED) is 0.732. The molecule has 19 heavy (non-hydrogen) atoms. The first kappa shape index (κ1) is 15.4. The average Bonchev–Trinajstić information content (AvgIpc) is 2.45. The molecule has 0 bridgehead atoms. The van der Waals surface area contributed by atoms with E-state index in [0.29, 0.717) is 6.04 Å². The minimum absolute atomic E-state index is 0.509. The molecule has 0 aliphatic heterocycles. The summed E-state index contributed by atoms with van der Waals surface area (Å²) in [6.45, 7) is 4.73. The first-order chi connectivity index (χ1) is 9.20. The van der Waals surface area contributed by atoms with Crippen molar-refractivity contribution in [2.24, 2.45) is 29.4 Å². The Hall–Kier alpha value is -0.0400. The minimum atomic E-state index is 0.509. The first-order valence-corrected chi connectivity index (χ1v) is 8.96. The van der Waals surface area contributed by atoms with E-state index in [4.69, 9.17) is 5.73 Å². The van der Waals surface area contributed by atoms with Crippen LogP contribution in [0.15, 0.2) is 0 Å². The summed E-state index contributed by atoms with van der Waals surface area (Å²) in [6, 6.07) is 0.509. The van der Waals surface area contributed by atoms with Gasteiger partial charge >= 0.3 is 0 Å². The lowest BCUT2D eigenvalue weighted by Gasteiger charge is -2.38.